The van der Waals surface area contributed by atoms with Crippen LogP contribution in [-0.4, -0.2) is 80.8 Å². The van der Waals surface area contributed by atoms with Gasteiger partial charge in [-0.2, -0.15) is 0 Å². The molecule has 2 N–H and O–H groups in total. The molecule has 2 atom stereocenters. The third-order valence-corrected chi connectivity index (χ3v) is 5.07. The zero-order valence-electron chi connectivity index (χ0n) is 18.2. The summed E-state index contributed by atoms with van der Waals surface area (Å²) in [5.74, 6) is 1.07. The van der Waals surface area contributed by atoms with Gasteiger partial charge in [0.1, 0.15) is 17.7 Å². The molecule has 1 fully saturated rings. The van der Waals surface area contributed by atoms with Crippen LogP contribution in [0.5, 0.6) is 5.75 Å². The third kappa shape index (κ3) is 9.48. The number of halogens is 2. The highest BCUT2D eigenvalue weighted by Gasteiger charge is 2.19. The maximum Gasteiger partial charge on any atom is 0.191 e. The average molecular weight is 521 g/mol. The number of aliphatic imine (C=N–C) groups is 1. The van der Waals surface area contributed by atoms with Gasteiger partial charge in [0.2, 0.25) is 0 Å². The van der Waals surface area contributed by atoms with E-state index in [1.807, 2.05) is 0 Å². The minimum absolute atomic E-state index is 0. The van der Waals surface area contributed by atoms with E-state index in [2.05, 4.69) is 48.3 Å². The van der Waals surface area contributed by atoms with Crippen molar-refractivity contribution in [2.24, 2.45) is 4.99 Å². The van der Waals surface area contributed by atoms with Crippen molar-refractivity contribution in [2.75, 3.05) is 52.9 Å². The summed E-state index contributed by atoms with van der Waals surface area (Å²) < 4.78 is 19.3. The van der Waals surface area contributed by atoms with Crippen molar-refractivity contribution < 1.29 is 9.13 Å². The molecule has 1 aromatic carbocycles. The first-order valence-electron chi connectivity index (χ1n) is 10.4. The summed E-state index contributed by atoms with van der Waals surface area (Å²) in [6.07, 6.45) is 0.765. The summed E-state index contributed by atoms with van der Waals surface area (Å²) in [5.41, 5.74) is 0. The zero-order chi connectivity index (χ0) is 20.4. The van der Waals surface area contributed by atoms with E-state index in [0.717, 1.165) is 51.6 Å². The van der Waals surface area contributed by atoms with Gasteiger partial charge < -0.3 is 20.3 Å². The number of piperazine rings is 1. The van der Waals surface area contributed by atoms with E-state index in [1.54, 1.807) is 12.1 Å². The zero-order valence-corrected chi connectivity index (χ0v) is 20.5. The number of nitrogens with zero attached hydrogens (tertiary/aromatic N) is 3. The molecule has 2 unspecified atom stereocenters. The Bertz CT molecular complexity index is 610. The molecule has 1 saturated heterocycles. The molecule has 29 heavy (non-hydrogen) atoms. The molecule has 1 aliphatic rings. The number of hydrogen-bond acceptors (Lipinski definition) is 4. The average Bonchev–Trinajstić information content (AvgIpc) is 2.69. The first-order chi connectivity index (χ1) is 13.5. The van der Waals surface area contributed by atoms with Gasteiger partial charge in [-0.15, -0.1) is 24.0 Å². The predicted octanol–water partition coefficient (Wildman–Crippen LogP) is 2.79. The first kappa shape index (κ1) is 25.9. The molecule has 1 heterocycles. The Balaban J connectivity index is 0.00000420. The number of rotatable bonds is 9. The SMILES string of the molecule is CCNC(=NCC(C)N1CCN(C)CC1)NCC(CC)Oc1cccc(F)c1.I. The van der Waals surface area contributed by atoms with Crippen LogP contribution in [-0.2, 0) is 0 Å². The number of hydrogen-bond donors (Lipinski definition) is 2. The van der Waals surface area contributed by atoms with E-state index in [0.29, 0.717) is 18.3 Å². The largest absolute Gasteiger partial charge is 0.489 e. The first-order valence-corrected chi connectivity index (χ1v) is 10.4. The van der Waals surface area contributed by atoms with Gasteiger partial charge in [0.05, 0.1) is 13.1 Å². The predicted molar refractivity (Wildman–Crippen MR) is 129 cm³/mol. The monoisotopic (exact) mass is 521 g/mol. The Labute approximate surface area is 192 Å². The molecule has 8 heteroatoms. The van der Waals surface area contributed by atoms with Crippen LogP contribution in [0.25, 0.3) is 0 Å². The van der Waals surface area contributed by atoms with Crippen LogP contribution < -0.4 is 15.4 Å². The topological polar surface area (TPSA) is 52.1 Å². The van der Waals surface area contributed by atoms with Crippen molar-refractivity contribution in [3.63, 3.8) is 0 Å². The Kier molecular flexibility index (Phi) is 12.5. The number of nitrogens with one attached hydrogen (secondary N) is 2. The maximum atomic E-state index is 13.4. The lowest BCUT2D eigenvalue weighted by Crippen LogP contribution is -2.49. The van der Waals surface area contributed by atoms with Gasteiger partial charge in [-0.05, 0) is 39.4 Å². The second-order valence-corrected chi connectivity index (χ2v) is 7.39. The fourth-order valence-electron chi connectivity index (χ4n) is 3.16. The molecule has 2 rings (SSSR count). The number of likely N-dealkylation sites (N-methyl/N-ethyl adjacent to an activating group) is 1. The molecular weight excluding hydrogens is 484 g/mol. The van der Waals surface area contributed by atoms with Gasteiger partial charge in [0, 0.05) is 44.8 Å². The lowest BCUT2D eigenvalue weighted by molar-refractivity contribution is 0.122. The lowest BCUT2D eigenvalue weighted by atomic mass is 10.2. The van der Waals surface area contributed by atoms with E-state index in [1.165, 1.54) is 12.1 Å². The molecule has 0 aliphatic carbocycles. The minimum atomic E-state index is -0.284. The second-order valence-electron chi connectivity index (χ2n) is 7.39. The number of ether oxygens (including phenoxy) is 1. The molecule has 6 nitrogen and oxygen atoms in total. The molecule has 0 bridgehead atoms. The lowest BCUT2D eigenvalue weighted by Gasteiger charge is -2.35. The van der Waals surface area contributed by atoms with Crippen molar-refractivity contribution in [2.45, 2.75) is 39.3 Å². The molecule has 0 saturated carbocycles. The van der Waals surface area contributed by atoms with Crippen LogP contribution in [0.15, 0.2) is 29.3 Å². The van der Waals surface area contributed by atoms with Crippen molar-refractivity contribution in [3.8, 4) is 5.75 Å². The summed E-state index contributed by atoms with van der Waals surface area (Å²) in [6, 6.07) is 6.69. The number of guanidine groups is 1. The maximum absolute atomic E-state index is 13.4. The van der Waals surface area contributed by atoms with Crippen LogP contribution in [0.4, 0.5) is 4.39 Å². The van der Waals surface area contributed by atoms with Crippen molar-refractivity contribution in [3.05, 3.63) is 30.1 Å². The Morgan fingerprint density at radius 2 is 1.93 bits per heavy atom. The summed E-state index contributed by atoms with van der Waals surface area (Å²) in [7, 11) is 2.17. The van der Waals surface area contributed by atoms with Crippen molar-refractivity contribution >= 4 is 29.9 Å². The molecule has 0 spiro atoms. The van der Waals surface area contributed by atoms with Crippen LogP contribution in [0, 0.1) is 5.82 Å². The van der Waals surface area contributed by atoms with Gasteiger partial charge in [0.25, 0.3) is 0 Å². The summed E-state index contributed by atoms with van der Waals surface area (Å²) in [5, 5.41) is 6.66. The van der Waals surface area contributed by atoms with Crippen molar-refractivity contribution in [1.29, 1.82) is 0 Å². The fraction of sp³-hybridized carbons (Fsp3) is 0.667. The molecule has 1 aliphatic heterocycles. The number of benzene rings is 1. The summed E-state index contributed by atoms with van der Waals surface area (Å²) in [4.78, 5) is 9.62. The molecule has 0 aromatic heterocycles. The fourth-order valence-corrected chi connectivity index (χ4v) is 3.16. The van der Waals surface area contributed by atoms with E-state index >= 15 is 0 Å². The van der Waals surface area contributed by atoms with Crippen LogP contribution >= 0.6 is 24.0 Å². The Morgan fingerprint density at radius 1 is 1.21 bits per heavy atom. The summed E-state index contributed by atoms with van der Waals surface area (Å²) in [6.45, 7) is 12.9. The standard InChI is InChI=1S/C21H36FN5O.HI/c1-5-19(28-20-9-7-8-18(22)14-20)16-25-21(23-6-2)24-15-17(3)27-12-10-26(4)11-13-27;/h7-9,14,17,19H,5-6,10-13,15-16H2,1-4H3,(H2,23,24,25);1H. The smallest absolute Gasteiger partial charge is 0.191 e. The van der Waals surface area contributed by atoms with Gasteiger partial charge in [-0.25, -0.2) is 4.39 Å². The van der Waals surface area contributed by atoms with E-state index in [-0.39, 0.29) is 35.9 Å². The van der Waals surface area contributed by atoms with Gasteiger partial charge >= 0.3 is 0 Å². The van der Waals surface area contributed by atoms with E-state index in [9.17, 15) is 4.39 Å². The highest BCUT2D eigenvalue weighted by Crippen LogP contribution is 2.14. The van der Waals surface area contributed by atoms with Crippen molar-refractivity contribution in [1.82, 2.24) is 20.4 Å². The Morgan fingerprint density at radius 3 is 2.55 bits per heavy atom. The highest BCUT2D eigenvalue weighted by atomic mass is 127. The quantitative estimate of drug-likeness (QED) is 0.298. The van der Waals surface area contributed by atoms with Gasteiger partial charge in [-0.1, -0.05) is 13.0 Å². The van der Waals surface area contributed by atoms with Gasteiger partial charge in [0.15, 0.2) is 5.96 Å². The Hall–Kier alpha value is -1.13. The molecular formula is C21H37FIN5O. The summed E-state index contributed by atoms with van der Waals surface area (Å²) >= 11 is 0. The molecule has 0 amide bonds. The molecule has 166 valence electrons. The highest BCUT2D eigenvalue weighted by molar-refractivity contribution is 14.0. The molecule has 1 aromatic rings. The van der Waals surface area contributed by atoms with Crippen LogP contribution in [0.2, 0.25) is 0 Å². The van der Waals surface area contributed by atoms with E-state index in [4.69, 9.17) is 9.73 Å². The molecule has 0 radical (unpaired) electrons. The minimum Gasteiger partial charge on any atom is -0.489 e. The third-order valence-electron chi connectivity index (χ3n) is 5.07. The van der Waals surface area contributed by atoms with Crippen LogP contribution in [0.1, 0.15) is 27.2 Å². The normalized spacial score (nSPS) is 17.9. The van der Waals surface area contributed by atoms with Gasteiger partial charge in [-0.3, -0.25) is 9.89 Å². The van der Waals surface area contributed by atoms with Crippen LogP contribution in [0.3, 0.4) is 0 Å². The second kappa shape index (κ2) is 14.0. The van der Waals surface area contributed by atoms with E-state index < -0.39 is 0 Å².